The summed E-state index contributed by atoms with van der Waals surface area (Å²) < 4.78 is 26.7. The van der Waals surface area contributed by atoms with Crippen LogP contribution in [-0.4, -0.2) is 58.4 Å². The molecule has 0 spiro atoms. The van der Waals surface area contributed by atoms with Crippen molar-refractivity contribution < 1.29 is 43.0 Å². The second-order valence-electron chi connectivity index (χ2n) is 8.18. The molecule has 0 aromatic heterocycles. The molecule has 1 aliphatic rings. The molecule has 10 heteroatoms. The van der Waals surface area contributed by atoms with Crippen LogP contribution in [0.25, 0.3) is 0 Å². The van der Waals surface area contributed by atoms with Gasteiger partial charge in [0.05, 0.1) is 13.2 Å². The lowest BCUT2D eigenvalue weighted by atomic mass is 9.97. The van der Waals surface area contributed by atoms with Crippen LogP contribution in [0.2, 0.25) is 0 Å². The van der Waals surface area contributed by atoms with E-state index in [0.717, 1.165) is 32.1 Å². The Hall–Kier alpha value is -0.830. The number of hydrogen-bond acceptors (Lipinski definition) is 8. The first kappa shape index (κ1) is 28.2. The maximum Gasteiger partial charge on any atom is 0.473 e. The Bertz CT molecular complexity index is 583. The van der Waals surface area contributed by atoms with Crippen molar-refractivity contribution in [2.75, 3.05) is 13.2 Å². The van der Waals surface area contributed by atoms with E-state index in [-0.39, 0.29) is 12.5 Å². The van der Waals surface area contributed by atoms with Crippen molar-refractivity contribution in [3.8, 4) is 0 Å². The summed E-state index contributed by atoms with van der Waals surface area (Å²) in [5, 5.41) is 18.4. The summed E-state index contributed by atoms with van der Waals surface area (Å²) in [6, 6.07) is 0. The van der Waals surface area contributed by atoms with Crippen molar-refractivity contribution in [1.82, 2.24) is 0 Å². The number of carbonyl (C=O) groups is 2. The van der Waals surface area contributed by atoms with E-state index in [2.05, 4.69) is 11.7 Å². The molecule has 0 radical (unpaired) electrons. The molecule has 1 fully saturated rings. The fourth-order valence-electron chi connectivity index (χ4n) is 3.62. The van der Waals surface area contributed by atoms with Crippen molar-refractivity contribution in [1.29, 1.82) is 0 Å². The van der Waals surface area contributed by atoms with Crippen LogP contribution in [0.15, 0.2) is 0 Å². The summed E-state index contributed by atoms with van der Waals surface area (Å²) >= 11 is 0. The molecule has 1 rings (SSSR count). The average Bonchev–Trinajstić information content (AvgIpc) is 3.01. The van der Waals surface area contributed by atoms with Gasteiger partial charge >= 0.3 is 13.8 Å². The first-order chi connectivity index (χ1) is 14.8. The van der Waals surface area contributed by atoms with Gasteiger partial charge in [0.25, 0.3) is 0 Å². The van der Waals surface area contributed by atoms with Crippen molar-refractivity contribution in [3.63, 3.8) is 0 Å². The van der Waals surface area contributed by atoms with E-state index in [0.29, 0.717) is 0 Å². The Labute approximate surface area is 185 Å². The van der Waals surface area contributed by atoms with E-state index in [1.54, 1.807) is 0 Å². The molecule has 0 aromatic carbocycles. The number of unbranched alkanes of at least 4 members (excludes halogenated alkanes) is 7. The predicted octanol–water partition coefficient (Wildman–Crippen LogP) is 3.28. The summed E-state index contributed by atoms with van der Waals surface area (Å²) in [6.07, 6.45) is 6.96. The van der Waals surface area contributed by atoms with E-state index in [1.165, 1.54) is 38.5 Å². The number of carbonyl (C=O) groups excluding carboxylic acids is 2. The molecular weight excluding hydrogens is 427 g/mol. The molecular formula is C21H39O9P. The first-order valence-electron chi connectivity index (χ1n) is 11.4. The van der Waals surface area contributed by atoms with Gasteiger partial charge in [-0.3, -0.25) is 13.8 Å². The van der Waals surface area contributed by atoms with E-state index < -0.39 is 44.5 Å². The molecule has 1 heterocycles. The Morgan fingerprint density at radius 2 is 1.61 bits per heavy atom. The normalized spacial score (nSPS) is 22.9. The number of phosphoric acid groups is 1. The van der Waals surface area contributed by atoms with Gasteiger partial charge in [-0.25, -0.2) is 9.36 Å². The largest absolute Gasteiger partial charge is 0.473 e. The number of cyclic esters (lactones) is 1. The Kier molecular flexibility index (Phi) is 13.7. The van der Waals surface area contributed by atoms with Gasteiger partial charge < -0.3 is 19.8 Å². The van der Waals surface area contributed by atoms with Crippen LogP contribution in [0, 0.1) is 5.92 Å². The fourth-order valence-corrected chi connectivity index (χ4v) is 4.54. The zero-order valence-corrected chi connectivity index (χ0v) is 19.6. The average molecular weight is 467 g/mol. The quantitative estimate of drug-likeness (QED) is 0.120. The van der Waals surface area contributed by atoms with Crippen LogP contribution in [0.5, 0.6) is 0 Å². The molecule has 5 atom stereocenters. The summed E-state index contributed by atoms with van der Waals surface area (Å²) in [5.74, 6) is -2.14. The Morgan fingerprint density at radius 1 is 1.00 bits per heavy atom. The number of aliphatic hydroxyl groups is 2. The molecule has 0 aliphatic carbocycles. The van der Waals surface area contributed by atoms with Gasteiger partial charge in [-0.15, -0.1) is 0 Å². The zero-order valence-electron chi connectivity index (χ0n) is 18.7. The molecule has 31 heavy (non-hydrogen) atoms. The van der Waals surface area contributed by atoms with Crippen LogP contribution in [0.1, 0.15) is 84.5 Å². The van der Waals surface area contributed by atoms with E-state index in [4.69, 9.17) is 14.2 Å². The molecule has 4 unspecified atom stereocenters. The maximum absolute atomic E-state index is 12.3. The highest BCUT2D eigenvalue weighted by molar-refractivity contribution is 7.47. The highest BCUT2D eigenvalue weighted by Gasteiger charge is 2.50. The third-order valence-electron chi connectivity index (χ3n) is 5.41. The summed E-state index contributed by atoms with van der Waals surface area (Å²) in [6.45, 7) is 3.40. The molecule has 0 amide bonds. The molecule has 3 N–H and O–H groups in total. The molecule has 0 saturated carbocycles. The number of ketones is 1. The molecule has 9 nitrogen and oxygen atoms in total. The minimum Gasteiger partial charge on any atom is -0.449 e. The number of esters is 1. The smallest absolute Gasteiger partial charge is 0.449 e. The molecule has 1 aliphatic heterocycles. The van der Waals surface area contributed by atoms with E-state index in [9.17, 15) is 24.2 Å². The van der Waals surface area contributed by atoms with Gasteiger partial charge in [0.1, 0.15) is 6.10 Å². The van der Waals surface area contributed by atoms with Crippen LogP contribution in [0.3, 0.4) is 0 Å². The molecule has 1 saturated heterocycles. The number of ether oxygens (including phenoxy) is 1. The number of hydrogen-bond donors (Lipinski definition) is 3. The third-order valence-corrected chi connectivity index (χ3v) is 6.36. The molecule has 182 valence electrons. The van der Waals surface area contributed by atoms with Crippen molar-refractivity contribution in [2.24, 2.45) is 5.92 Å². The van der Waals surface area contributed by atoms with Gasteiger partial charge in [-0.2, -0.15) is 0 Å². The fraction of sp³-hybridized carbons (Fsp3) is 0.905. The van der Waals surface area contributed by atoms with Crippen molar-refractivity contribution >= 4 is 19.6 Å². The second kappa shape index (κ2) is 15.1. The zero-order chi connectivity index (χ0) is 23.3. The standard InChI is InChI=1S/C21H39O9P/c1-3-5-6-7-8-9-10-11-13-16(12-4-2)15-28-31(26,27)30-20-18(24)19(17(23)14-22)29-21(20)25/h16-17,19-20,22-23H,3-15H2,1-2H3,(H,26,27)/t16?,17?,19-,20?/m1/s1. The maximum atomic E-state index is 12.3. The van der Waals surface area contributed by atoms with Gasteiger partial charge in [-0.05, 0) is 18.8 Å². The van der Waals surface area contributed by atoms with E-state index >= 15 is 0 Å². The summed E-state index contributed by atoms with van der Waals surface area (Å²) in [7, 11) is -4.69. The Balaban J connectivity index is 2.41. The van der Waals surface area contributed by atoms with Gasteiger partial charge in [0.2, 0.25) is 11.9 Å². The van der Waals surface area contributed by atoms with Crippen LogP contribution in [-0.2, 0) is 27.9 Å². The van der Waals surface area contributed by atoms with Crippen molar-refractivity contribution in [2.45, 2.75) is 103 Å². The monoisotopic (exact) mass is 466 g/mol. The Morgan fingerprint density at radius 3 is 2.19 bits per heavy atom. The van der Waals surface area contributed by atoms with Crippen LogP contribution < -0.4 is 0 Å². The number of aliphatic hydroxyl groups excluding tert-OH is 2. The summed E-state index contributed by atoms with van der Waals surface area (Å²) in [5.41, 5.74) is 0. The number of phosphoric ester groups is 1. The highest BCUT2D eigenvalue weighted by Crippen LogP contribution is 2.46. The number of rotatable bonds is 18. The minimum absolute atomic E-state index is 0.0171. The van der Waals surface area contributed by atoms with Gasteiger partial charge in [0, 0.05) is 0 Å². The highest BCUT2D eigenvalue weighted by atomic mass is 31.2. The van der Waals surface area contributed by atoms with Crippen LogP contribution >= 0.6 is 7.82 Å². The van der Waals surface area contributed by atoms with Gasteiger partial charge in [-0.1, -0.05) is 71.6 Å². The third kappa shape index (κ3) is 10.6. The SMILES string of the molecule is CCCCCCCCCCC(CCC)COP(=O)(O)OC1C(=O)O[C@H](C(O)CO)C1=O. The first-order valence-corrected chi connectivity index (χ1v) is 12.9. The lowest BCUT2D eigenvalue weighted by Crippen LogP contribution is -2.37. The van der Waals surface area contributed by atoms with Gasteiger partial charge in [0.15, 0.2) is 6.10 Å². The topological polar surface area (TPSA) is 140 Å². The molecule has 0 bridgehead atoms. The minimum atomic E-state index is -4.69. The lowest BCUT2D eigenvalue weighted by Gasteiger charge is -2.19. The summed E-state index contributed by atoms with van der Waals surface area (Å²) in [4.78, 5) is 33.8. The predicted molar refractivity (Wildman–Crippen MR) is 114 cm³/mol. The van der Waals surface area contributed by atoms with E-state index in [1.807, 2.05) is 6.92 Å². The van der Waals surface area contributed by atoms with Crippen molar-refractivity contribution in [3.05, 3.63) is 0 Å². The number of Topliss-reactive ketones (excluding diaryl/α,β-unsaturated/α-hetero) is 1. The molecule has 0 aromatic rings. The lowest BCUT2D eigenvalue weighted by molar-refractivity contribution is -0.151. The van der Waals surface area contributed by atoms with Crippen LogP contribution in [0.4, 0.5) is 0 Å². The second-order valence-corrected chi connectivity index (χ2v) is 9.58.